The van der Waals surface area contributed by atoms with Crippen molar-refractivity contribution >= 4 is 22.2 Å². The summed E-state index contributed by atoms with van der Waals surface area (Å²) in [6.07, 6.45) is 3.79. The fourth-order valence-electron chi connectivity index (χ4n) is 3.88. The lowest BCUT2D eigenvalue weighted by Gasteiger charge is -2.09. The number of fused-ring (bicyclic) bond motifs is 1. The number of rotatable bonds is 4. The Morgan fingerprint density at radius 1 is 0.700 bits per heavy atom. The highest BCUT2D eigenvalue weighted by Gasteiger charge is 2.13. The first kappa shape index (κ1) is 18.0. The molecule has 0 saturated heterocycles. The van der Waals surface area contributed by atoms with Crippen LogP contribution in [0.15, 0.2) is 109 Å². The van der Waals surface area contributed by atoms with Gasteiger partial charge in [-0.15, -0.1) is 0 Å². The SMILES string of the molecule is N=C(c1ccc(-c2cccc3ccccc23)cc1)c1cn(-c2ccccc2)cc1N. The number of nitrogen functional groups attached to an aromatic ring is 1. The Hall–Kier alpha value is -4.11. The van der Waals surface area contributed by atoms with Crippen molar-refractivity contribution in [3.63, 3.8) is 0 Å². The number of nitrogens with one attached hydrogen (secondary N) is 1. The Balaban J connectivity index is 1.48. The molecule has 0 spiro atoms. The average molecular weight is 387 g/mol. The topological polar surface area (TPSA) is 54.8 Å². The van der Waals surface area contributed by atoms with Gasteiger partial charge in [0.15, 0.2) is 0 Å². The fraction of sp³-hybridized carbons (Fsp3) is 0. The van der Waals surface area contributed by atoms with Gasteiger partial charge in [0.05, 0.1) is 11.4 Å². The van der Waals surface area contributed by atoms with Crippen LogP contribution in [0.1, 0.15) is 11.1 Å². The lowest BCUT2D eigenvalue weighted by atomic mass is 9.96. The van der Waals surface area contributed by atoms with E-state index in [1.165, 1.54) is 16.3 Å². The van der Waals surface area contributed by atoms with E-state index in [-0.39, 0.29) is 0 Å². The Kier molecular flexibility index (Phi) is 4.41. The summed E-state index contributed by atoms with van der Waals surface area (Å²) in [5.74, 6) is 0. The third-order valence-electron chi connectivity index (χ3n) is 5.46. The van der Waals surface area contributed by atoms with Crippen molar-refractivity contribution in [2.45, 2.75) is 0 Å². The molecule has 3 N–H and O–H groups in total. The predicted molar refractivity (Wildman–Crippen MR) is 125 cm³/mol. The van der Waals surface area contributed by atoms with E-state index in [9.17, 15) is 0 Å². The summed E-state index contributed by atoms with van der Waals surface area (Å²) in [4.78, 5) is 0. The summed E-state index contributed by atoms with van der Waals surface area (Å²) in [7, 11) is 0. The predicted octanol–water partition coefficient (Wildman–Crippen LogP) is 6.30. The lowest BCUT2D eigenvalue weighted by Crippen LogP contribution is -2.03. The summed E-state index contributed by atoms with van der Waals surface area (Å²) in [5, 5.41) is 11.2. The molecule has 1 heterocycles. The first-order chi connectivity index (χ1) is 14.7. The van der Waals surface area contributed by atoms with Gasteiger partial charge in [-0.2, -0.15) is 0 Å². The van der Waals surface area contributed by atoms with Crippen molar-refractivity contribution in [2.24, 2.45) is 0 Å². The number of anilines is 1. The Morgan fingerprint density at radius 2 is 1.40 bits per heavy atom. The van der Waals surface area contributed by atoms with Crippen molar-refractivity contribution in [1.82, 2.24) is 4.57 Å². The van der Waals surface area contributed by atoms with Crippen LogP contribution in [-0.2, 0) is 0 Å². The van der Waals surface area contributed by atoms with Crippen molar-refractivity contribution in [3.8, 4) is 16.8 Å². The van der Waals surface area contributed by atoms with E-state index < -0.39 is 0 Å². The molecule has 144 valence electrons. The minimum absolute atomic E-state index is 0.423. The molecule has 0 bridgehead atoms. The number of hydrogen-bond donors (Lipinski definition) is 2. The van der Waals surface area contributed by atoms with Gasteiger partial charge < -0.3 is 10.3 Å². The zero-order valence-electron chi connectivity index (χ0n) is 16.4. The first-order valence-corrected chi connectivity index (χ1v) is 9.91. The highest BCUT2D eigenvalue weighted by atomic mass is 15.0. The molecule has 5 rings (SSSR count). The van der Waals surface area contributed by atoms with Crippen LogP contribution in [0.4, 0.5) is 5.69 Å². The van der Waals surface area contributed by atoms with Gasteiger partial charge in [0, 0.05) is 29.2 Å². The van der Waals surface area contributed by atoms with Gasteiger partial charge in [0.2, 0.25) is 0 Å². The van der Waals surface area contributed by atoms with Gasteiger partial charge in [-0.3, -0.25) is 5.41 Å². The molecule has 0 aliphatic rings. The third kappa shape index (κ3) is 3.16. The molecular weight excluding hydrogens is 366 g/mol. The molecule has 0 amide bonds. The van der Waals surface area contributed by atoms with Gasteiger partial charge in [0.25, 0.3) is 0 Å². The quantitative estimate of drug-likeness (QED) is 0.350. The Bertz CT molecular complexity index is 1340. The van der Waals surface area contributed by atoms with Gasteiger partial charge in [0.1, 0.15) is 0 Å². The van der Waals surface area contributed by atoms with Crippen LogP contribution in [0.25, 0.3) is 27.6 Å². The molecular formula is C27H21N3. The molecule has 4 aromatic carbocycles. The molecule has 0 atom stereocenters. The van der Waals surface area contributed by atoms with Crippen molar-refractivity contribution in [3.05, 3.63) is 121 Å². The maximum atomic E-state index is 8.70. The largest absolute Gasteiger partial charge is 0.397 e. The number of para-hydroxylation sites is 1. The second kappa shape index (κ2) is 7.37. The highest BCUT2D eigenvalue weighted by Crippen LogP contribution is 2.29. The van der Waals surface area contributed by atoms with Gasteiger partial charge in [-0.1, -0.05) is 84.9 Å². The van der Waals surface area contributed by atoms with Gasteiger partial charge in [-0.05, 0) is 34.0 Å². The molecule has 30 heavy (non-hydrogen) atoms. The maximum Gasteiger partial charge on any atom is 0.0720 e. The molecule has 1 aromatic heterocycles. The number of hydrogen-bond acceptors (Lipinski definition) is 2. The summed E-state index contributed by atoms with van der Waals surface area (Å²) in [6, 6.07) is 32.9. The zero-order chi connectivity index (χ0) is 20.5. The molecule has 5 aromatic rings. The van der Waals surface area contributed by atoms with E-state index in [1.54, 1.807) is 0 Å². The molecule has 3 heteroatoms. The van der Waals surface area contributed by atoms with Crippen molar-refractivity contribution in [2.75, 3.05) is 5.73 Å². The number of benzene rings is 4. The molecule has 0 unspecified atom stereocenters. The summed E-state index contributed by atoms with van der Waals surface area (Å²) < 4.78 is 1.96. The van der Waals surface area contributed by atoms with E-state index >= 15 is 0 Å². The third-order valence-corrected chi connectivity index (χ3v) is 5.46. The molecule has 0 aliphatic heterocycles. The lowest BCUT2D eigenvalue weighted by molar-refractivity contribution is 1.08. The highest BCUT2D eigenvalue weighted by molar-refractivity contribution is 6.14. The number of aromatic nitrogens is 1. The van der Waals surface area contributed by atoms with E-state index in [1.807, 2.05) is 59.4 Å². The second-order valence-electron chi connectivity index (χ2n) is 7.35. The minimum Gasteiger partial charge on any atom is -0.397 e. The summed E-state index contributed by atoms with van der Waals surface area (Å²) in [6.45, 7) is 0. The van der Waals surface area contributed by atoms with Crippen LogP contribution in [-0.4, -0.2) is 10.3 Å². The van der Waals surface area contributed by atoms with Crippen LogP contribution in [0, 0.1) is 5.41 Å². The van der Waals surface area contributed by atoms with Crippen molar-refractivity contribution < 1.29 is 0 Å². The molecule has 0 saturated carbocycles. The molecule has 0 aliphatic carbocycles. The monoisotopic (exact) mass is 387 g/mol. The van der Waals surface area contributed by atoms with Crippen LogP contribution in [0.5, 0.6) is 0 Å². The number of nitrogens with two attached hydrogens (primary N) is 1. The Labute approximate surface area is 175 Å². The van der Waals surface area contributed by atoms with Crippen LogP contribution < -0.4 is 5.73 Å². The van der Waals surface area contributed by atoms with Crippen LogP contribution in [0.3, 0.4) is 0 Å². The normalized spacial score (nSPS) is 10.9. The summed E-state index contributed by atoms with van der Waals surface area (Å²) >= 11 is 0. The van der Waals surface area contributed by atoms with E-state index in [4.69, 9.17) is 11.1 Å². The smallest absolute Gasteiger partial charge is 0.0720 e. The fourth-order valence-corrected chi connectivity index (χ4v) is 3.88. The second-order valence-corrected chi connectivity index (χ2v) is 7.35. The van der Waals surface area contributed by atoms with Crippen LogP contribution >= 0.6 is 0 Å². The molecule has 0 fully saturated rings. The summed E-state index contributed by atoms with van der Waals surface area (Å²) in [5.41, 5.74) is 12.2. The number of nitrogens with zero attached hydrogens (tertiary/aromatic N) is 1. The minimum atomic E-state index is 0.423. The maximum absolute atomic E-state index is 8.70. The standard InChI is InChI=1S/C27H21N3/c28-26-18-30(22-9-2-1-3-10-22)17-25(26)27(29)21-15-13-20(14-16-21)24-12-6-8-19-7-4-5-11-23(19)24/h1-18,29H,28H2. The first-order valence-electron chi connectivity index (χ1n) is 9.91. The zero-order valence-corrected chi connectivity index (χ0v) is 16.4. The van der Waals surface area contributed by atoms with E-state index in [2.05, 4.69) is 54.6 Å². The molecule has 3 nitrogen and oxygen atoms in total. The van der Waals surface area contributed by atoms with Crippen molar-refractivity contribution in [1.29, 1.82) is 5.41 Å². The van der Waals surface area contributed by atoms with Crippen LogP contribution in [0.2, 0.25) is 0 Å². The van der Waals surface area contributed by atoms with E-state index in [0.717, 1.165) is 22.4 Å². The van der Waals surface area contributed by atoms with E-state index in [0.29, 0.717) is 11.4 Å². The average Bonchev–Trinajstić information content (AvgIpc) is 3.20. The van der Waals surface area contributed by atoms with Gasteiger partial charge in [-0.25, -0.2) is 0 Å². The Morgan fingerprint density at radius 3 is 2.20 bits per heavy atom. The molecule has 0 radical (unpaired) electrons. The van der Waals surface area contributed by atoms with Gasteiger partial charge >= 0.3 is 0 Å².